The Morgan fingerprint density at radius 1 is 0.944 bits per heavy atom. The molecule has 0 atom stereocenters. The van der Waals surface area contributed by atoms with Gasteiger partial charge in [0.05, 0.1) is 22.3 Å². The normalized spacial score (nSPS) is 10.7. The minimum atomic E-state index is -0.141. The SMILES string of the molecule is OCc1cc(Cl)nc(-c2c(Cl)cc(Cl)cc2Cl)c1. The molecule has 1 aromatic carbocycles. The fourth-order valence-corrected chi connectivity index (χ4v) is 2.80. The van der Waals surface area contributed by atoms with Gasteiger partial charge in [-0.1, -0.05) is 46.4 Å². The summed E-state index contributed by atoms with van der Waals surface area (Å²) in [4.78, 5) is 4.15. The highest BCUT2D eigenvalue weighted by atomic mass is 35.5. The van der Waals surface area contributed by atoms with Crippen molar-refractivity contribution in [1.29, 1.82) is 0 Å². The number of nitrogens with zero attached hydrogens (tertiary/aromatic N) is 1. The summed E-state index contributed by atoms with van der Waals surface area (Å²) < 4.78 is 0. The van der Waals surface area contributed by atoms with Crippen molar-refractivity contribution >= 4 is 46.4 Å². The first-order valence-electron chi connectivity index (χ1n) is 4.93. The van der Waals surface area contributed by atoms with Crippen LogP contribution in [0.1, 0.15) is 5.56 Å². The van der Waals surface area contributed by atoms with Crippen molar-refractivity contribution in [3.8, 4) is 11.3 Å². The number of benzene rings is 1. The molecule has 1 aromatic heterocycles. The lowest BCUT2D eigenvalue weighted by Gasteiger charge is -2.09. The second-order valence-corrected chi connectivity index (χ2v) is 5.22. The van der Waals surface area contributed by atoms with Crippen molar-refractivity contribution in [2.24, 2.45) is 0 Å². The maximum absolute atomic E-state index is 9.14. The third kappa shape index (κ3) is 2.90. The summed E-state index contributed by atoms with van der Waals surface area (Å²) in [6, 6.07) is 6.40. The largest absolute Gasteiger partial charge is 0.392 e. The molecule has 2 aromatic rings. The van der Waals surface area contributed by atoms with Crippen LogP contribution in [0.5, 0.6) is 0 Å². The van der Waals surface area contributed by atoms with Gasteiger partial charge >= 0.3 is 0 Å². The van der Waals surface area contributed by atoms with Crippen molar-refractivity contribution in [3.63, 3.8) is 0 Å². The van der Waals surface area contributed by atoms with Gasteiger partial charge in [-0.3, -0.25) is 0 Å². The molecule has 2 nitrogen and oxygen atoms in total. The van der Waals surface area contributed by atoms with Gasteiger partial charge in [0.15, 0.2) is 0 Å². The molecule has 1 N–H and O–H groups in total. The summed E-state index contributed by atoms with van der Waals surface area (Å²) in [6.45, 7) is -0.141. The van der Waals surface area contributed by atoms with Crippen molar-refractivity contribution in [2.45, 2.75) is 6.61 Å². The fraction of sp³-hybridized carbons (Fsp3) is 0.0833. The van der Waals surface area contributed by atoms with Gasteiger partial charge in [-0.15, -0.1) is 0 Å². The fourth-order valence-electron chi connectivity index (χ4n) is 1.56. The van der Waals surface area contributed by atoms with Crippen LogP contribution in [-0.4, -0.2) is 10.1 Å². The van der Waals surface area contributed by atoms with Gasteiger partial charge in [0.2, 0.25) is 0 Å². The molecule has 2 rings (SSSR count). The molecule has 0 saturated heterocycles. The molecule has 94 valence electrons. The smallest absolute Gasteiger partial charge is 0.130 e. The quantitative estimate of drug-likeness (QED) is 0.801. The molecule has 0 saturated carbocycles. The first-order chi connectivity index (χ1) is 8.51. The maximum atomic E-state index is 9.14. The zero-order valence-corrected chi connectivity index (χ0v) is 11.9. The Hall–Kier alpha value is -0.510. The monoisotopic (exact) mass is 321 g/mol. The highest BCUT2D eigenvalue weighted by Gasteiger charge is 2.13. The van der Waals surface area contributed by atoms with Crippen LogP contribution < -0.4 is 0 Å². The number of hydrogen-bond donors (Lipinski definition) is 1. The van der Waals surface area contributed by atoms with Crippen LogP contribution in [0, 0.1) is 0 Å². The Bertz CT molecular complexity index is 578. The molecule has 6 heteroatoms. The number of aromatic nitrogens is 1. The van der Waals surface area contributed by atoms with Crippen LogP contribution in [0.3, 0.4) is 0 Å². The van der Waals surface area contributed by atoms with Crippen LogP contribution in [0.25, 0.3) is 11.3 Å². The van der Waals surface area contributed by atoms with E-state index in [1.807, 2.05) is 0 Å². The van der Waals surface area contributed by atoms with Crippen LogP contribution in [0.2, 0.25) is 20.2 Å². The molecule has 0 amide bonds. The Morgan fingerprint density at radius 2 is 1.56 bits per heavy atom. The number of hydrogen-bond acceptors (Lipinski definition) is 2. The summed E-state index contributed by atoms with van der Waals surface area (Å²) in [5.41, 5.74) is 1.67. The van der Waals surface area contributed by atoms with Gasteiger partial charge in [0.25, 0.3) is 0 Å². The molecule has 0 spiro atoms. The molecule has 0 fully saturated rings. The lowest BCUT2D eigenvalue weighted by Crippen LogP contribution is -1.91. The molecule has 18 heavy (non-hydrogen) atoms. The van der Waals surface area contributed by atoms with Gasteiger partial charge in [0.1, 0.15) is 5.15 Å². The van der Waals surface area contributed by atoms with E-state index in [1.54, 1.807) is 24.3 Å². The molecule has 0 aliphatic heterocycles. The number of halogens is 4. The van der Waals surface area contributed by atoms with E-state index in [-0.39, 0.29) is 11.8 Å². The highest BCUT2D eigenvalue weighted by molar-refractivity contribution is 6.41. The third-order valence-corrected chi connectivity index (χ3v) is 3.31. The van der Waals surface area contributed by atoms with Gasteiger partial charge in [-0.05, 0) is 29.8 Å². The van der Waals surface area contributed by atoms with Gasteiger partial charge < -0.3 is 5.11 Å². The minimum absolute atomic E-state index is 0.141. The number of pyridine rings is 1. The number of aliphatic hydroxyl groups is 1. The van der Waals surface area contributed by atoms with Crippen LogP contribution in [0.4, 0.5) is 0 Å². The van der Waals surface area contributed by atoms with Gasteiger partial charge in [0, 0.05) is 10.6 Å². The standard InChI is InChI=1S/C12H7Cl4NO/c13-7-3-8(14)12(9(15)4-7)10-1-6(5-18)2-11(16)17-10/h1-4,18H,5H2. The molecule has 0 radical (unpaired) electrons. The van der Waals surface area contributed by atoms with E-state index in [9.17, 15) is 0 Å². The predicted octanol–water partition coefficient (Wildman–Crippen LogP) is 4.85. The zero-order chi connectivity index (χ0) is 13.3. The van der Waals surface area contributed by atoms with Crippen molar-refractivity contribution in [1.82, 2.24) is 4.98 Å². The summed E-state index contributed by atoms with van der Waals surface area (Å²) in [5.74, 6) is 0. The second kappa shape index (κ2) is 5.64. The highest BCUT2D eigenvalue weighted by Crippen LogP contribution is 2.37. The van der Waals surface area contributed by atoms with Gasteiger partial charge in [-0.25, -0.2) is 4.98 Å². The Labute approximate surface area is 124 Å². The first-order valence-corrected chi connectivity index (χ1v) is 6.44. The average Bonchev–Trinajstić information content (AvgIpc) is 2.26. The van der Waals surface area contributed by atoms with E-state index in [1.165, 1.54) is 0 Å². The van der Waals surface area contributed by atoms with E-state index < -0.39 is 0 Å². The van der Waals surface area contributed by atoms with E-state index in [4.69, 9.17) is 51.5 Å². The molecular weight excluding hydrogens is 316 g/mol. The second-order valence-electron chi connectivity index (χ2n) is 3.59. The molecule has 1 heterocycles. The maximum Gasteiger partial charge on any atom is 0.130 e. The Morgan fingerprint density at radius 3 is 2.11 bits per heavy atom. The predicted molar refractivity (Wildman–Crippen MR) is 75.6 cm³/mol. The number of aliphatic hydroxyl groups excluding tert-OH is 1. The molecule has 0 aliphatic carbocycles. The zero-order valence-electron chi connectivity index (χ0n) is 8.92. The van der Waals surface area contributed by atoms with E-state index in [0.717, 1.165) is 0 Å². The molecular formula is C12H7Cl4NO. The summed E-state index contributed by atoms with van der Waals surface area (Å²) in [6.07, 6.45) is 0. The van der Waals surface area contributed by atoms with E-state index >= 15 is 0 Å². The third-order valence-electron chi connectivity index (χ3n) is 2.30. The van der Waals surface area contributed by atoms with Crippen LogP contribution >= 0.6 is 46.4 Å². The van der Waals surface area contributed by atoms with E-state index in [0.29, 0.717) is 31.9 Å². The molecule has 0 aliphatic rings. The van der Waals surface area contributed by atoms with Crippen LogP contribution in [0.15, 0.2) is 24.3 Å². The topological polar surface area (TPSA) is 33.1 Å². The first kappa shape index (κ1) is 13.9. The van der Waals surface area contributed by atoms with Crippen LogP contribution in [-0.2, 0) is 6.61 Å². The molecule has 0 bridgehead atoms. The van der Waals surface area contributed by atoms with Crippen molar-refractivity contribution < 1.29 is 5.11 Å². The van der Waals surface area contributed by atoms with Crippen molar-refractivity contribution in [3.05, 3.63) is 50.0 Å². The Balaban J connectivity index is 2.65. The van der Waals surface area contributed by atoms with Crippen molar-refractivity contribution in [2.75, 3.05) is 0 Å². The average molecular weight is 323 g/mol. The summed E-state index contributed by atoms with van der Waals surface area (Å²) >= 11 is 23.9. The minimum Gasteiger partial charge on any atom is -0.392 e. The number of rotatable bonds is 2. The molecule has 0 unspecified atom stereocenters. The lowest BCUT2D eigenvalue weighted by molar-refractivity contribution is 0.282. The Kier molecular flexibility index (Phi) is 4.36. The van der Waals surface area contributed by atoms with E-state index in [2.05, 4.69) is 4.98 Å². The van der Waals surface area contributed by atoms with Gasteiger partial charge in [-0.2, -0.15) is 0 Å². The lowest BCUT2D eigenvalue weighted by atomic mass is 10.1. The summed E-state index contributed by atoms with van der Waals surface area (Å²) in [5, 5.41) is 10.6. The summed E-state index contributed by atoms with van der Waals surface area (Å²) in [7, 11) is 0.